The molecule has 0 radical (unpaired) electrons. The van der Waals surface area contributed by atoms with Gasteiger partial charge < -0.3 is 19.5 Å². The zero-order chi connectivity index (χ0) is 27.8. The van der Waals surface area contributed by atoms with Gasteiger partial charge in [0, 0.05) is 35.8 Å². The van der Waals surface area contributed by atoms with E-state index in [2.05, 4.69) is 15.6 Å². The molecule has 4 rings (SSSR count). The van der Waals surface area contributed by atoms with Gasteiger partial charge in [-0.05, 0) is 43.4 Å². The summed E-state index contributed by atoms with van der Waals surface area (Å²) in [6.45, 7) is 4.15. The Hall–Kier alpha value is -3.34. The van der Waals surface area contributed by atoms with Crippen molar-refractivity contribution in [2.24, 2.45) is 5.41 Å². The highest BCUT2D eigenvalue weighted by molar-refractivity contribution is 6.33. The molecular formula is C26H27ClF3N3O5. The Kier molecular flexibility index (Phi) is 7.60. The van der Waals surface area contributed by atoms with E-state index in [1.165, 1.54) is 26.8 Å². The van der Waals surface area contributed by atoms with E-state index in [-0.39, 0.29) is 47.3 Å². The van der Waals surface area contributed by atoms with Crippen molar-refractivity contribution in [1.29, 1.82) is 0 Å². The standard InChI is InChI=1S/C26H27ClF3N3O5/c1-25(2,3)26(29,30)19-12-18(32-37-19)24-22(13-4-5-13)23(33-38-24)14(6-9-21(35)36)10-20(34)31-17-8-7-15(28)11-16(17)27/h7-8,11-14H,4-6,9-10H2,1-3H3,(H,31,34)(H,35,36)/t14-/m0/s1. The Morgan fingerprint density at radius 3 is 2.50 bits per heavy atom. The molecule has 204 valence electrons. The summed E-state index contributed by atoms with van der Waals surface area (Å²) in [5.41, 5.74) is -0.196. The third-order valence-corrected chi connectivity index (χ3v) is 6.78. The maximum atomic E-state index is 14.8. The van der Waals surface area contributed by atoms with Crippen LogP contribution >= 0.6 is 11.6 Å². The Balaban J connectivity index is 1.64. The Bertz CT molecular complexity index is 1340. The van der Waals surface area contributed by atoms with E-state index in [0.717, 1.165) is 31.0 Å². The van der Waals surface area contributed by atoms with E-state index in [9.17, 15) is 27.9 Å². The number of halogens is 4. The normalized spacial score (nSPS) is 14.9. The fourth-order valence-corrected chi connectivity index (χ4v) is 4.32. The van der Waals surface area contributed by atoms with E-state index in [0.29, 0.717) is 11.3 Å². The largest absolute Gasteiger partial charge is 0.481 e. The molecule has 3 aromatic rings. The van der Waals surface area contributed by atoms with Crippen LogP contribution in [0.2, 0.25) is 5.02 Å². The summed E-state index contributed by atoms with van der Waals surface area (Å²) in [7, 11) is 0. The van der Waals surface area contributed by atoms with Crippen LogP contribution in [-0.4, -0.2) is 27.3 Å². The van der Waals surface area contributed by atoms with Crippen molar-refractivity contribution in [3.63, 3.8) is 0 Å². The maximum Gasteiger partial charge on any atom is 0.312 e. The summed E-state index contributed by atoms with van der Waals surface area (Å²) in [5, 5.41) is 19.8. The summed E-state index contributed by atoms with van der Waals surface area (Å²) in [6, 6.07) is 4.65. The number of anilines is 1. The number of rotatable bonds is 10. The zero-order valence-electron chi connectivity index (χ0n) is 21.0. The van der Waals surface area contributed by atoms with Gasteiger partial charge in [-0.2, -0.15) is 8.78 Å². The number of carboxylic acids is 1. The molecule has 0 unspecified atom stereocenters. The number of hydrogen-bond acceptors (Lipinski definition) is 6. The van der Waals surface area contributed by atoms with Gasteiger partial charge in [0.2, 0.25) is 11.7 Å². The van der Waals surface area contributed by atoms with Gasteiger partial charge in [0.15, 0.2) is 11.5 Å². The quantitative estimate of drug-likeness (QED) is 0.274. The molecule has 0 bridgehead atoms. The molecule has 38 heavy (non-hydrogen) atoms. The maximum absolute atomic E-state index is 14.8. The predicted octanol–water partition coefficient (Wildman–Crippen LogP) is 7.11. The van der Waals surface area contributed by atoms with E-state index in [1.807, 2.05) is 0 Å². The second-order valence-corrected chi connectivity index (χ2v) is 10.9. The summed E-state index contributed by atoms with van der Waals surface area (Å²) < 4.78 is 53.6. The first-order chi connectivity index (χ1) is 17.8. The number of nitrogens with one attached hydrogen (secondary N) is 1. The molecule has 1 aromatic carbocycles. The van der Waals surface area contributed by atoms with Gasteiger partial charge >= 0.3 is 11.9 Å². The Labute approximate surface area is 221 Å². The molecule has 2 heterocycles. The van der Waals surface area contributed by atoms with Crippen molar-refractivity contribution in [2.75, 3.05) is 5.32 Å². The lowest BCUT2D eigenvalue weighted by Gasteiger charge is -2.27. The summed E-state index contributed by atoms with van der Waals surface area (Å²) in [4.78, 5) is 24.2. The molecule has 2 N–H and O–H groups in total. The van der Waals surface area contributed by atoms with Crippen LogP contribution in [0, 0.1) is 11.2 Å². The van der Waals surface area contributed by atoms with Crippen LogP contribution in [0.4, 0.5) is 18.9 Å². The second kappa shape index (κ2) is 10.4. The first-order valence-electron chi connectivity index (χ1n) is 12.1. The SMILES string of the molecule is CC(C)(C)C(F)(F)c1cc(-c2onc([C@@H](CCC(=O)O)CC(=O)Nc3ccc(F)cc3Cl)c2C2CC2)no1. The number of aliphatic carboxylic acids is 1. The van der Waals surface area contributed by atoms with E-state index < -0.39 is 40.7 Å². The van der Waals surface area contributed by atoms with Crippen molar-refractivity contribution in [1.82, 2.24) is 10.3 Å². The molecule has 0 spiro atoms. The minimum atomic E-state index is -3.30. The van der Waals surface area contributed by atoms with Crippen LogP contribution in [0.5, 0.6) is 0 Å². The van der Waals surface area contributed by atoms with E-state index in [1.54, 1.807) is 0 Å². The van der Waals surface area contributed by atoms with Gasteiger partial charge in [0.1, 0.15) is 5.82 Å². The van der Waals surface area contributed by atoms with Gasteiger partial charge in [-0.15, -0.1) is 0 Å². The molecule has 0 saturated heterocycles. The van der Waals surface area contributed by atoms with Crippen molar-refractivity contribution in [2.45, 2.75) is 70.6 Å². The lowest BCUT2D eigenvalue weighted by molar-refractivity contribution is -0.137. The average molecular weight is 554 g/mol. The number of carbonyl (C=O) groups is 2. The van der Waals surface area contributed by atoms with Gasteiger partial charge in [0.25, 0.3) is 0 Å². The lowest BCUT2D eigenvalue weighted by atomic mass is 9.86. The van der Waals surface area contributed by atoms with Crippen molar-refractivity contribution < 1.29 is 36.9 Å². The van der Waals surface area contributed by atoms with Crippen molar-refractivity contribution in [3.05, 3.63) is 52.1 Å². The molecule has 0 aliphatic heterocycles. The fourth-order valence-electron chi connectivity index (χ4n) is 4.10. The van der Waals surface area contributed by atoms with E-state index >= 15 is 0 Å². The van der Waals surface area contributed by atoms with Gasteiger partial charge in [-0.1, -0.05) is 42.7 Å². The van der Waals surface area contributed by atoms with E-state index in [4.69, 9.17) is 20.6 Å². The van der Waals surface area contributed by atoms with Crippen LogP contribution in [0.3, 0.4) is 0 Å². The molecule has 1 amide bonds. The number of hydrogen-bond donors (Lipinski definition) is 2. The monoisotopic (exact) mass is 553 g/mol. The van der Waals surface area contributed by atoms with Crippen molar-refractivity contribution in [3.8, 4) is 11.5 Å². The first kappa shape index (κ1) is 27.7. The predicted molar refractivity (Wildman–Crippen MR) is 132 cm³/mol. The third kappa shape index (κ3) is 5.87. The topological polar surface area (TPSA) is 118 Å². The van der Waals surface area contributed by atoms with Gasteiger partial charge in [0.05, 0.1) is 16.4 Å². The molecule has 1 atom stereocenters. The Morgan fingerprint density at radius 1 is 1.18 bits per heavy atom. The minimum Gasteiger partial charge on any atom is -0.481 e. The lowest BCUT2D eigenvalue weighted by Crippen LogP contribution is -2.30. The number of amides is 1. The first-order valence-corrected chi connectivity index (χ1v) is 12.5. The minimum absolute atomic E-state index is 0.00328. The third-order valence-electron chi connectivity index (χ3n) is 6.47. The molecule has 1 saturated carbocycles. The molecule has 12 heteroatoms. The van der Waals surface area contributed by atoms with Crippen LogP contribution in [-0.2, 0) is 15.5 Å². The number of nitrogens with zero attached hydrogens (tertiary/aromatic N) is 2. The van der Waals surface area contributed by atoms with Gasteiger partial charge in [-0.3, -0.25) is 9.59 Å². The highest BCUT2D eigenvalue weighted by Crippen LogP contribution is 2.50. The highest BCUT2D eigenvalue weighted by Gasteiger charge is 2.49. The van der Waals surface area contributed by atoms with Crippen LogP contribution in [0.15, 0.2) is 33.3 Å². The smallest absolute Gasteiger partial charge is 0.312 e. The number of aromatic nitrogens is 2. The summed E-state index contributed by atoms with van der Waals surface area (Å²) >= 11 is 6.01. The molecule has 8 nitrogen and oxygen atoms in total. The number of carboxylic acid groups (broad SMARTS) is 1. The fraction of sp³-hybridized carbons (Fsp3) is 0.462. The molecule has 1 aliphatic rings. The molecule has 1 fully saturated rings. The van der Waals surface area contributed by atoms with Crippen LogP contribution in [0.1, 0.15) is 81.7 Å². The summed E-state index contributed by atoms with van der Waals surface area (Å²) in [5.74, 6) is -6.54. The zero-order valence-corrected chi connectivity index (χ0v) is 21.7. The van der Waals surface area contributed by atoms with Gasteiger partial charge in [-0.25, -0.2) is 4.39 Å². The number of carbonyl (C=O) groups excluding carboxylic acids is 1. The summed E-state index contributed by atoms with van der Waals surface area (Å²) in [6.07, 6.45) is 1.23. The van der Waals surface area contributed by atoms with Crippen LogP contribution < -0.4 is 5.32 Å². The Morgan fingerprint density at radius 2 is 1.89 bits per heavy atom. The average Bonchev–Trinajstić information content (AvgIpc) is 3.35. The molecule has 2 aromatic heterocycles. The van der Waals surface area contributed by atoms with Crippen LogP contribution in [0.25, 0.3) is 11.5 Å². The molecular weight excluding hydrogens is 527 g/mol. The number of alkyl halides is 2. The second-order valence-electron chi connectivity index (χ2n) is 10.5. The van der Waals surface area contributed by atoms with Crippen molar-refractivity contribution >= 4 is 29.2 Å². The number of benzene rings is 1. The molecule has 1 aliphatic carbocycles. The highest BCUT2D eigenvalue weighted by atomic mass is 35.5.